The summed E-state index contributed by atoms with van der Waals surface area (Å²) >= 11 is 0. The van der Waals surface area contributed by atoms with Gasteiger partial charge in [-0.15, -0.1) is 0 Å². The molecular weight excluding hydrogens is 483 g/mol. The first kappa shape index (κ1) is 23.9. The molecule has 12 heteroatoms. The third-order valence-electron chi connectivity index (χ3n) is 5.34. The predicted octanol–water partition coefficient (Wildman–Crippen LogP) is 2.11. The first-order chi connectivity index (χ1) is 16.0. The number of sulfone groups is 1. The highest BCUT2D eigenvalue weighted by atomic mass is 32.2. The maximum atomic E-state index is 13.0. The second-order valence-corrected chi connectivity index (χ2v) is 11.6. The normalized spacial score (nSPS) is 16.0. The SMILES string of the molecule is CS(=O)(=O)c1ccccc1S(=O)(=O)NC1CCc2nc(NC(=O)c3ccc(F)cc3)ncc2C1. The van der Waals surface area contributed by atoms with Gasteiger partial charge in [0.25, 0.3) is 5.91 Å². The molecule has 2 aromatic carbocycles. The number of hydrogen-bond donors (Lipinski definition) is 2. The summed E-state index contributed by atoms with van der Waals surface area (Å²) in [5.74, 6) is -0.841. The van der Waals surface area contributed by atoms with Crippen LogP contribution in [0.5, 0.6) is 0 Å². The number of hydrogen-bond acceptors (Lipinski definition) is 7. The number of benzene rings is 2. The van der Waals surface area contributed by atoms with Gasteiger partial charge in [-0.3, -0.25) is 10.1 Å². The zero-order valence-electron chi connectivity index (χ0n) is 18.0. The Morgan fingerprint density at radius 1 is 1.03 bits per heavy atom. The van der Waals surface area contributed by atoms with Crippen molar-refractivity contribution in [2.24, 2.45) is 0 Å². The van der Waals surface area contributed by atoms with E-state index >= 15 is 0 Å². The van der Waals surface area contributed by atoms with Crippen molar-refractivity contribution in [2.45, 2.75) is 35.1 Å². The van der Waals surface area contributed by atoms with Gasteiger partial charge in [0.1, 0.15) is 10.7 Å². The van der Waals surface area contributed by atoms with Crippen molar-refractivity contribution in [1.82, 2.24) is 14.7 Å². The Labute approximate surface area is 196 Å². The highest BCUT2D eigenvalue weighted by Gasteiger charge is 2.29. The average molecular weight is 505 g/mol. The zero-order chi connectivity index (χ0) is 24.5. The van der Waals surface area contributed by atoms with E-state index in [-0.39, 0.29) is 21.3 Å². The van der Waals surface area contributed by atoms with Gasteiger partial charge in [-0.25, -0.2) is 35.9 Å². The number of amides is 1. The maximum Gasteiger partial charge on any atom is 0.258 e. The number of anilines is 1. The summed E-state index contributed by atoms with van der Waals surface area (Å²) in [5, 5.41) is 2.57. The van der Waals surface area contributed by atoms with Crippen LogP contribution in [0.25, 0.3) is 0 Å². The molecule has 9 nitrogen and oxygen atoms in total. The third-order valence-corrected chi connectivity index (χ3v) is 8.20. The van der Waals surface area contributed by atoms with Crippen LogP contribution < -0.4 is 10.0 Å². The van der Waals surface area contributed by atoms with Gasteiger partial charge in [-0.05, 0) is 61.2 Å². The molecule has 4 rings (SSSR count). The summed E-state index contributed by atoms with van der Waals surface area (Å²) in [6.45, 7) is 0. The van der Waals surface area contributed by atoms with Crippen LogP contribution in [0, 0.1) is 5.82 Å². The fraction of sp³-hybridized carbons (Fsp3) is 0.227. The Kier molecular flexibility index (Phi) is 6.47. The third kappa shape index (κ3) is 5.29. The molecule has 1 aliphatic carbocycles. The molecular formula is C22H21FN4O5S2. The first-order valence-electron chi connectivity index (χ1n) is 10.3. The van der Waals surface area contributed by atoms with Gasteiger partial charge in [0.05, 0.1) is 4.90 Å². The number of aromatic nitrogens is 2. The Hall–Kier alpha value is -3.22. The summed E-state index contributed by atoms with van der Waals surface area (Å²) < 4.78 is 65.5. The van der Waals surface area contributed by atoms with Crippen molar-refractivity contribution < 1.29 is 26.0 Å². The van der Waals surface area contributed by atoms with Gasteiger partial charge in [0.2, 0.25) is 16.0 Å². The summed E-state index contributed by atoms with van der Waals surface area (Å²) in [6.07, 6.45) is 3.64. The quantitative estimate of drug-likeness (QED) is 0.525. The van der Waals surface area contributed by atoms with Crippen molar-refractivity contribution in [1.29, 1.82) is 0 Å². The highest BCUT2D eigenvalue weighted by molar-refractivity contribution is 7.93. The molecule has 1 heterocycles. The van der Waals surface area contributed by atoms with E-state index < -0.39 is 37.6 Å². The molecule has 1 unspecified atom stereocenters. The molecule has 0 fully saturated rings. The van der Waals surface area contributed by atoms with E-state index in [1.807, 2.05) is 0 Å². The average Bonchev–Trinajstić information content (AvgIpc) is 2.79. The van der Waals surface area contributed by atoms with E-state index in [0.717, 1.165) is 11.8 Å². The number of nitrogens with one attached hydrogen (secondary N) is 2. The topological polar surface area (TPSA) is 135 Å². The van der Waals surface area contributed by atoms with Crippen LogP contribution in [0.4, 0.5) is 10.3 Å². The minimum absolute atomic E-state index is 0.0918. The van der Waals surface area contributed by atoms with E-state index in [1.54, 1.807) is 0 Å². The number of sulfonamides is 1. The maximum absolute atomic E-state index is 13.0. The summed E-state index contributed by atoms with van der Waals surface area (Å²) in [5.41, 5.74) is 1.65. The monoisotopic (exact) mass is 504 g/mol. The van der Waals surface area contributed by atoms with Crippen molar-refractivity contribution in [2.75, 3.05) is 11.6 Å². The van der Waals surface area contributed by atoms with E-state index in [4.69, 9.17) is 0 Å². The van der Waals surface area contributed by atoms with Gasteiger partial charge in [-0.1, -0.05) is 12.1 Å². The minimum Gasteiger partial charge on any atom is -0.290 e. The van der Waals surface area contributed by atoms with Gasteiger partial charge in [0, 0.05) is 29.8 Å². The molecule has 34 heavy (non-hydrogen) atoms. The molecule has 2 N–H and O–H groups in total. The fourth-order valence-electron chi connectivity index (χ4n) is 3.70. The molecule has 178 valence electrons. The number of aryl methyl sites for hydroxylation is 1. The van der Waals surface area contributed by atoms with Gasteiger partial charge < -0.3 is 0 Å². The summed E-state index contributed by atoms with van der Waals surface area (Å²) in [6, 6.07) is 10.0. The molecule has 1 atom stereocenters. The Morgan fingerprint density at radius 2 is 1.71 bits per heavy atom. The Morgan fingerprint density at radius 3 is 2.38 bits per heavy atom. The number of carbonyl (C=O) groups is 1. The lowest BCUT2D eigenvalue weighted by molar-refractivity contribution is 0.102. The smallest absolute Gasteiger partial charge is 0.258 e. The van der Waals surface area contributed by atoms with Crippen LogP contribution in [0.3, 0.4) is 0 Å². The number of carbonyl (C=O) groups excluding carboxylic acids is 1. The van der Waals surface area contributed by atoms with Crippen LogP contribution in [-0.4, -0.2) is 45.0 Å². The van der Waals surface area contributed by atoms with Gasteiger partial charge in [-0.2, -0.15) is 0 Å². The standard InChI is InChI=1S/C22H21FN4O5S2/c1-33(29,30)19-4-2-3-5-20(19)34(31,32)27-17-10-11-18-15(12-17)13-24-22(25-18)26-21(28)14-6-8-16(23)9-7-14/h2-9,13,17,27H,10-12H2,1H3,(H,24,25,26,28). The number of fused-ring (bicyclic) bond motifs is 1. The summed E-state index contributed by atoms with van der Waals surface area (Å²) in [4.78, 5) is 20.2. The van der Waals surface area contributed by atoms with Crippen LogP contribution in [-0.2, 0) is 32.7 Å². The number of rotatable bonds is 6. The molecule has 0 saturated carbocycles. The van der Waals surface area contributed by atoms with E-state index in [0.29, 0.717) is 25.0 Å². The van der Waals surface area contributed by atoms with Crippen LogP contribution in [0.2, 0.25) is 0 Å². The zero-order valence-corrected chi connectivity index (χ0v) is 19.7. The molecule has 1 aliphatic rings. The second kappa shape index (κ2) is 9.20. The lowest BCUT2D eigenvalue weighted by Crippen LogP contribution is -2.39. The molecule has 1 amide bonds. The Bertz CT molecular complexity index is 1460. The number of nitrogens with zero attached hydrogens (tertiary/aromatic N) is 2. The largest absolute Gasteiger partial charge is 0.290 e. The first-order valence-corrected chi connectivity index (χ1v) is 13.6. The van der Waals surface area contributed by atoms with Crippen LogP contribution in [0.15, 0.2) is 64.5 Å². The molecule has 1 aromatic heterocycles. The molecule has 0 saturated heterocycles. The highest BCUT2D eigenvalue weighted by Crippen LogP contribution is 2.24. The summed E-state index contributed by atoms with van der Waals surface area (Å²) in [7, 11) is -7.82. The molecule has 0 radical (unpaired) electrons. The molecule has 0 aliphatic heterocycles. The van der Waals surface area contributed by atoms with Crippen molar-refractivity contribution in [3.05, 3.63) is 77.4 Å². The number of halogens is 1. The van der Waals surface area contributed by atoms with Crippen molar-refractivity contribution in [3.8, 4) is 0 Å². The van der Waals surface area contributed by atoms with Gasteiger partial charge >= 0.3 is 0 Å². The molecule has 0 spiro atoms. The second-order valence-electron chi connectivity index (χ2n) is 7.91. The van der Waals surface area contributed by atoms with E-state index in [2.05, 4.69) is 20.0 Å². The van der Waals surface area contributed by atoms with Crippen molar-refractivity contribution >= 4 is 31.7 Å². The van der Waals surface area contributed by atoms with Crippen LogP contribution in [0.1, 0.15) is 28.0 Å². The Balaban J connectivity index is 1.47. The van der Waals surface area contributed by atoms with E-state index in [9.17, 15) is 26.0 Å². The molecule has 0 bridgehead atoms. The lowest BCUT2D eigenvalue weighted by atomic mass is 9.94. The fourth-order valence-corrected chi connectivity index (χ4v) is 6.60. The lowest BCUT2D eigenvalue weighted by Gasteiger charge is -2.25. The van der Waals surface area contributed by atoms with Gasteiger partial charge in [0.15, 0.2) is 9.84 Å². The minimum atomic E-state index is -4.09. The van der Waals surface area contributed by atoms with E-state index in [1.165, 1.54) is 54.7 Å². The van der Waals surface area contributed by atoms with Crippen molar-refractivity contribution in [3.63, 3.8) is 0 Å². The predicted molar refractivity (Wildman–Crippen MR) is 122 cm³/mol. The van der Waals surface area contributed by atoms with Crippen LogP contribution >= 0.6 is 0 Å². The molecule has 3 aromatic rings.